The van der Waals surface area contributed by atoms with Gasteiger partial charge in [0, 0.05) is 35.7 Å². The molecule has 0 bridgehead atoms. The molecule has 1 fully saturated rings. The number of rotatable bonds is 6. The van der Waals surface area contributed by atoms with Gasteiger partial charge in [-0.05, 0) is 31.0 Å². The van der Waals surface area contributed by atoms with Crippen LogP contribution in [-0.2, 0) is 21.2 Å². The Morgan fingerprint density at radius 2 is 1.83 bits per heavy atom. The molecule has 30 heavy (non-hydrogen) atoms. The second-order valence-corrected chi connectivity index (χ2v) is 10.0. The van der Waals surface area contributed by atoms with Crippen molar-refractivity contribution in [3.63, 3.8) is 0 Å². The average molecular weight is 453 g/mol. The van der Waals surface area contributed by atoms with Crippen LogP contribution in [0, 0.1) is 10.1 Å². The van der Waals surface area contributed by atoms with Gasteiger partial charge in [0.1, 0.15) is 4.21 Å². The van der Waals surface area contributed by atoms with Crippen LogP contribution in [0.25, 0.3) is 0 Å². The van der Waals surface area contributed by atoms with Gasteiger partial charge in [0.05, 0.1) is 11.3 Å². The van der Waals surface area contributed by atoms with Gasteiger partial charge in [0.25, 0.3) is 21.6 Å². The summed E-state index contributed by atoms with van der Waals surface area (Å²) in [6, 6.07) is 8.15. The van der Waals surface area contributed by atoms with E-state index < -0.39 is 26.8 Å². The SMILES string of the molecule is O=C(Cc1ccc(S(=O)(=O)N2CCCCC2)s1)NNC(=O)c1cccc([N+](=O)[O-])c1. The largest absolute Gasteiger partial charge is 0.273 e. The Morgan fingerprint density at radius 3 is 2.53 bits per heavy atom. The summed E-state index contributed by atoms with van der Waals surface area (Å²) in [5.41, 5.74) is 4.20. The molecule has 0 radical (unpaired) electrons. The molecule has 2 aromatic rings. The standard InChI is InChI=1S/C18H20N4O6S2/c23-16(19-20-18(24)13-5-4-6-14(11-13)22(25)26)12-15-7-8-17(29-15)30(27,28)21-9-2-1-3-10-21/h4-8,11H,1-3,9-10,12H2,(H,19,23)(H,20,24). The Bertz CT molecular complexity index is 1060. The molecule has 3 rings (SSSR count). The van der Waals surface area contributed by atoms with Crippen molar-refractivity contribution in [3.05, 3.63) is 57.0 Å². The molecule has 2 amide bonds. The molecule has 0 atom stereocenters. The highest BCUT2D eigenvalue weighted by Gasteiger charge is 2.27. The van der Waals surface area contributed by atoms with Crippen LogP contribution in [0.3, 0.4) is 0 Å². The molecule has 12 heteroatoms. The summed E-state index contributed by atoms with van der Waals surface area (Å²) < 4.78 is 27.0. The van der Waals surface area contributed by atoms with Crippen molar-refractivity contribution in [1.29, 1.82) is 0 Å². The van der Waals surface area contributed by atoms with Crippen LogP contribution in [0.4, 0.5) is 5.69 Å². The van der Waals surface area contributed by atoms with Gasteiger partial charge in [-0.2, -0.15) is 4.31 Å². The first-order chi connectivity index (χ1) is 14.3. The van der Waals surface area contributed by atoms with Crippen molar-refractivity contribution < 1.29 is 22.9 Å². The Balaban J connectivity index is 1.56. The number of sulfonamides is 1. The molecule has 1 aromatic carbocycles. The quantitative estimate of drug-likeness (QED) is 0.506. The van der Waals surface area contributed by atoms with E-state index in [-0.39, 0.29) is 21.9 Å². The molecule has 1 aliphatic heterocycles. The number of amides is 2. The lowest BCUT2D eigenvalue weighted by Crippen LogP contribution is -2.42. The number of hydrogen-bond acceptors (Lipinski definition) is 7. The summed E-state index contributed by atoms with van der Waals surface area (Å²) in [7, 11) is -3.55. The molecular formula is C18H20N4O6S2. The zero-order valence-corrected chi connectivity index (χ0v) is 17.5. The maximum absolute atomic E-state index is 12.7. The van der Waals surface area contributed by atoms with E-state index in [9.17, 15) is 28.1 Å². The van der Waals surface area contributed by atoms with E-state index in [1.54, 1.807) is 6.07 Å². The number of hydrogen-bond donors (Lipinski definition) is 2. The number of hydrazine groups is 1. The Kier molecular flexibility index (Phi) is 6.80. The van der Waals surface area contributed by atoms with E-state index in [0.29, 0.717) is 18.0 Å². The summed E-state index contributed by atoms with van der Waals surface area (Å²) in [6.45, 7) is 0.999. The third kappa shape index (κ3) is 5.20. The summed E-state index contributed by atoms with van der Waals surface area (Å²) in [4.78, 5) is 34.8. The lowest BCUT2D eigenvalue weighted by Gasteiger charge is -2.25. The lowest BCUT2D eigenvalue weighted by molar-refractivity contribution is -0.384. The van der Waals surface area contributed by atoms with E-state index in [1.165, 1.54) is 28.6 Å². The molecular weight excluding hydrogens is 432 g/mol. The van der Waals surface area contributed by atoms with Crippen LogP contribution < -0.4 is 10.9 Å². The van der Waals surface area contributed by atoms with Crippen molar-refractivity contribution >= 4 is 38.9 Å². The van der Waals surface area contributed by atoms with Gasteiger partial charge in [-0.1, -0.05) is 12.5 Å². The highest BCUT2D eigenvalue weighted by molar-refractivity contribution is 7.91. The predicted octanol–water partition coefficient (Wildman–Crippen LogP) is 1.83. The normalized spacial score (nSPS) is 14.8. The molecule has 0 unspecified atom stereocenters. The number of thiophene rings is 1. The first-order valence-corrected chi connectivity index (χ1v) is 11.5. The summed E-state index contributed by atoms with van der Waals surface area (Å²) in [5, 5.41) is 10.8. The second-order valence-electron chi connectivity index (χ2n) is 6.67. The average Bonchev–Trinajstić information content (AvgIpc) is 3.22. The number of nitrogens with one attached hydrogen (secondary N) is 2. The highest BCUT2D eigenvalue weighted by Crippen LogP contribution is 2.27. The van der Waals surface area contributed by atoms with Crippen molar-refractivity contribution in [2.75, 3.05) is 13.1 Å². The molecule has 1 aromatic heterocycles. The fourth-order valence-electron chi connectivity index (χ4n) is 2.99. The minimum absolute atomic E-state index is 0.0236. The Morgan fingerprint density at radius 1 is 1.10 bits per heavy atom. The maximum Gasteiger partial charge on any atom is 0.270 e. The van der Waals surface area contributed by atoms with E-state index in [1.807, 2.05) is 0 Å². The van der Waals surface area contributed by atoms with Crippen LogP contribution in [-0.4, -0.2) is 42.6 Å². The molecule has 1 aliphatic rings. The zero-order chi connectivity index (χ0) is 21.7. The lowest BCUT2D eigenvalue weighted by atomic mass is 10.2. The predicted molar refractivity (Wildman–Crippen MR) is 109 cm³/mol. The van der Waals surface area contributed by atoms with E-state index >= 15 is 0 Å². The summed E-state index contributed by atoms with van der Waals surface area (Å²) in [6.07, 6.45) is 2.58. The monoisotopic (exact) mass is 452 g/mol. The molecule has 160 valence electrons. The molecule has 0 saturated carbocycles. The Labute approximate surface area is 177 Å². The van der Waals surface area contributed by atoms with Gasteiger partial charge in [0.2, 0.25) is 5.91 Å². The second kappa shape index (κ2) is 9.32. The van der Waals surface area contributed by atoms with Crippen LogP contribution in [0.15, 0.2) is 40.6 Å². The number of nitrogens with zero attached hydrogens (tertiary/aromatic N) is 2. The van der Waals surface area contributed by atoms with Crippen molar-refractivity contribution in [3.8, 4) is 0 Å². The van der Waals surface area contributed by atoms with Crippen LogP contribution in [0.1, 0.15) is 34.5 Å². The van der Waals surface area contributed by atoms with Gasteiger partial charge in [-0.25, -0.2) is 8.42 Å². The third-order valence-electron chi connectivity index (χ3n) is 4.52. The first-order valence-electron chi connectivity index (χ1n) is 9.20. The molecule has 1 saturated heterocycles. The number of nitro groups is 1. The number of carbonyl (C=O) groups excluding carboxylic acids is 2. The third-order valence-corrected chi connectivity index (χ3v) is 7.97. The van der Waals surface area contributed by atoms with E-state index in [2.05, 4.69) is 10.9 Å². The van der Waals surface area contributed by atoms with Crippen molar-refractivity contribution in [2.24, 2.45) is 0 Å². The molecule has 0 spiro atoms. The number of piperidine rings is 1. The molecule has 10 nitrogen and oxygen atoms in total. The zero-order valence-electron chi connectivity index (χ0n) is 15.9. The van der Waals surface area contributed by atoms with Crippen LogP contribution in [0.2, 0.25) is 0 Å². The minimum atomic E-state index is -3.55. The number of carbonyl (C=O) groups is 2. The van der Waals surface area contributed by atoms with Crippen LogP contribution >= 0.6 is 11.3 Å². The van der Waals surface area contributed by atoms with E-state index in [0.717, 1.165) is 36.7 Å². The highest BCUT2D eigenvalue weighted by atomic mass is 32.2. The van der Waals surface area contributed by atoms with Gasteiger partial charge in [-0.15, -0.1) is 11.3 Å². The van der Waals surface area contributed by atoms with Gasteiger partial charge >= 0.3 is 0 Å². The fraction of sp³-hybridized carbons (Fsp3) is 0.333. The molecule has 2 heterocycles. The first kappa shape index (κ1) is 21.9. The summed E-state index contributed by atoms with van der Waals surface area (Å²) in [5.74, 6) is -1.25. The topological polar surface area (TPSA) is 139 Å². The van der Waals surface area contributed by atoms with E-state index in [4.69, 9.17) is 0 Å². The van der Waals surface area contributed by atoms with Gasteiger partial charge in [0.15, 0.2) is 0 Å². The number of benzene rings is 1. The maximum atomic E-state index is 12.7. The van der Waals surface area contributed by atoms with Crippen molar-refractivity contribution in [1.82, 2.24) is 15.2 Å². The smallest absolute Gasteiger partial charge is 0.270 e. The minimum Gasteiger partial charge on any atom is -0.273 e. The van der Waals surface area contributed by atoms with Gasteiger partial charge < -0.3 is 0 Å². The molecule has 2 N–H and O–H groups in total. The summed E-state index contributed by atoms with van der Waals surface area (Å²) >= 11 is 1.02. The number of nitro benzene ring substituents is 1. The van der Waals surface area contributed by atoms with Gasteiger partial charge in [-0.3, -0.25) is 30.6 Å². The molecule has 0 aliphatic carbocycles. The fourth-order valence-corrected chi connectivity index (χ4v) is 6.01. The van der Waals surface area contributed by atoms with Crippen LogP contribution in [0.5, 0.6) is 0 Å². The van der Waals surface area contributed by atoms with Crippen molar-refractivity contribution in [2.45, 2.75) is 29.9 Å². The number of non-ortho nitro benzene ring substituents is 1. The Hall–Kier alpha value is -2.83.